The van der Waals surface area contributed by atoms with Gasteiger partial charge in [0.2, 0.25) is 5.95 Å². The summed E-state index contributed by atoms with van der Waals surface area (Å²) in [4.78, 5) is 20.6. The van der Waals surface area contributed by atoms with E-state index in [-0.39, 0.29) is 11.6 Å². The molecular weight excluding hydrogens is 306 g/mol. The van der Waals surface area contributed by atoms with Crippen LogP contribution in [0.15, 0.2) is 41.1 Å². The third-order valence-electron chi connectivity index (χ3n) is 3.61. The fourth-order valence-corrected chi connectivity index (χ4v) is 2.16. The molecule has 0 aliphatic rings. The molecule has 3 rings (SSSR count). The molecule has 0 aliphatic heterocycles. The first-order valence-electron chi connectivity index (χ1n) is 7.44. The molecule has 0 spiro atoms. The molecule has 24 heavy (non-hydrogen) atoms. The minimum Gasteiger partial charge on any atom is -0.360 e. The van der Waals surface area contributed by atoms with E-state index >= 15 is 0 Å². The molecule has 0 atom stereocenters. The van der Waals surface area contributed by atoms with Crippen molar-refractivity contribution in [3.8, 4) is 0 Å². The van der Waals surface area contributed by atoms with Crippen molar-refractivity contribution in [2.75, 3.05) is 10.6 Å². The maximum atomic E-state index is 12.2. The van der Waals surface area contributed by atoms with Gasteiger partial charge in [0.1, 0.15) is 11.5 Å². The Morgan fingerprint density at radius 3 is 2.75 bits per heavy atom. The summed E-state index contributed by atoms with van der Waals surface area (Å²) >= 11 is 0. The van der Waals surface area contributed by atoms with Crippen molar-refractivity contribution in [1.82, 2.24) is 15.1 Å². The smallest absolute Gasteiger partial charge is 0.275 e. The second kappa shape index (κ2) is 6.49. The summed E-state index contributed by atoms with van der Waals surface area (Å²) in [6.07, 6.45) is 1.53. The number of anilines is 3. The van der Waals surface area contributed by atoms with Crippen LogP contribution in [-0.4, -0.2) is 21.0 Å². The van der Waals surface area contributed by atoms with Crippen LogP contribution in [0.3, 0.4) is 0 Å². The van der Waals surface area contributed by atoms with Crippen LogP contribution in [0.5, 0.6) is 0 Å². The van der Waals surface area contributed by atoms with Gasteiger partial charge < -0.3 is 15.2 Å². The van der Waals surface area contributed by atoms with Crippen LogP contribution in [0.1, 0.15) is 27.4 Å². The molecule has 7 nitrogen and oxygen atoms in total. The number of carbonyl (C=O) groups excluding carboxylic acids is 1. The number of carbonyl (C=O) groups is 1. The number of benzene rings is 1. The molecule has 7 heteroatoms. The number of hydrogen-bond acceptors (Lipinski definition) is 6. The molecule has 122 valence electrons. The normalized spacial score (nSPS) is 10.5. The highest BCUT2D eigenvalue weighted by atomic mass is 16.5. The second-order valence-electron chi connectivity index (χ2n) is 5.41. The number of nitrogens with one attached hydrogen (secondary N) is 2. The van der Waals surface area contributed by atoms with E-state index in [1.54, 1.807) is 13.0 Å². The number of nitrogens with zero attached hydrogens (tertiary/aromatic N) is 3. The fraction of sp³-hybridized carbons (Fsp3) is 0.176. The number of hydrogen-bond donors (Lipinski definition) is 2. The van der Waals surface area contributed by atoms with Gasteiger partial charge in [-0.3, -0.25) is 4.79 Å². The quantitative estimate of drug-likeness (QED) is 0.764. The lowest BCUT2D eigenvalue weighted by atomic mass is 10.1. The zero-order chi connectivity index (χ0) is 17.1. The fourth-order valence-electron chi connectivity index (χ4n) is 2.16. The van der Waals surface area contributed by atoms with E-state index in [2.05, 4.69) is 25.8 Å². The maximum Gasteiger partial charge on any atom is 0.275 e. The monoisotopic (exact) mass is 323 g/mol. The summed E-state index contributed by atoms with van der Waals surface area (Å²) < 4.78 is 4.92. The average molecular weight is 323 g/mol. The lowest BCUT2D eigenvalue weighted by Crippen LogP contribution is -2.15. The SMILES string of the molecule is Cc1cc(NC(=O)c2ccnc(Nc3cccc(C)c3C)n2)no1. The lowest BCUT2D eigenvalue weighted by molar-refractivity contribution is 0.102. The van der Waals surface area contributed by atoms with Gasteiger partial charge in [-0.05, 0) is 44.0 Å². The van der Waals surface area contributed by atoms with Gasteiger partial charge in [-0.1, -0.05) is 17.3 Å². The summed E-state index contributed by atoms with van der Waals surface area (Å²) in [5.41, 5.74) is 3.41. The standard InChI is InChI=1S/C17H17N5O2/c1-10-5-4-6-13(12(10)3)19-17-18-8-7-14(20-17)16(23)21-15-9-11(2)24-22-15/h4-9H,1-3H3,(H,18,19,20)(H,21,22,23). The molecule has 0 saturated heterocycles. The lowest BCUT2D eigenvalue weighted by Gasteiger charge is -2.10. The van der Waals surface area contributed by atoms with E-state index in [1.807, 2.05) is 32.0 Å². The second-order valence-corrected chi connectivity index (χ2v) is 5.41. The van der Waals surface area contributed by atoms with Crippen LogP contribution in [0.4, 0.5) is 17.5 Å². The van der Waals surface area contributed by atoms with Gasteiger partial charge >= 0.3 is 0 Å². The van der Waals surface area contributed by atoms with Crippen LogP contribution < -0.4 is 10.6 Å². The van der Waals surface area contributed by atoms with Gasteiger partial charge in [0.25, 0.3) is 5.91 Å². The molecule has 0 bridgehead atoms. The van der Waals surface area contributed by atoms with Crippen molar-refractivity contribution in [1.29, 1.82) is 0 Å². The number of amides is 1. The van der Waals surface area contributed by atoms with Crippen LogP contribution in [-0.2, 0) is 0 Å². The van der Waals surface area contributed by atoms with E-state index in [0.29, 0.717) is 17.5 Å². The van der Waals surface area contributed by atoms with Crippen molar-refractivity contribution < 1.29 is 9.32 Å². The third-order valence-corrected chi connectivity index (χ3v) is 3.61. The minimum atomic E-state index is -0.380. The van der Waals surface area contributed by atoms with E-state index in [4.69, 9.17) is 4.52 Å². The summed E-state index contributed by atoms with van der Waals surface area (Å²) in [5, 5.41) is 9.50. The van der Waals surface area contributed by atoms with E-state index in [0.717, 1.165) is 16.8 Å². The van der Waals surface area contributed by atoms with E-state index in [9.17, 15) is 4.79 Å². The molecule has 0 fully saturated rings. The van der Waals surface area contributed by atoms with Crippen LogP contribution >= 0.6 is 0 Å². The van der Waals surface area contributed by atoms with Crippen molar-refractivity contribution in [2.24, 2.45) is 0 Å². The number of rotatable bonds is 4. The molecule has 0 radical (unpaired) electrons. The van der Waals surface area contributed by atoms with Gasteiger partial charge in [0, 0.05) is 18.0 Å². The van der Waals surface area contributed by atoms with Crippen LogP contribution in [0.25, 0.3) is 0 Å². The van der Waals surface area contributed by atoms with Crippen molar-refractivity contribution in [2.45, 2.75) is 20.8 Å². The minimum absolute atomic E-state index is 0.235. The van der Waals surface area contributed by atoms with Gasteiger partial charge in [0.05, 0.1) is 0 Å². The first-order valence-corrected chi connectivity index (χ1v) is 7.44. The summed E-state index contributed by atoms with van der Waals surface area (Å²) in [6, 6.07) is 9.10. The van der Waals surface area contributed by atoms with Crippen LogP contribution in [0, 0.1) is 20.8 Å². The molecule has 2 aromatic heterocycles. The highest BCUT2D eigenvalue weighted by Crippen LogP contribution is 2.21. The molecule has 0 saturated carbocycles. The molecule has 1 amide bonds. The summed E-state index contributed by atoms with van der Waals surface area (Å²) in [7, 11) is 0. The molecule has 2 N–H and O–H groups in total. The highest BCUT2D eigenvalue weighted by molar-refractivity contribution is 6.02. The molecule has 0 unspecified atom stereocenters. The molecule has 0 aliphatic carbocycles. The predicted molar refractivity (Wildman–Crippen MR) is 90.4 cm³/mol. The van der Waals surface area contributed by atoms with Gasteiger partial charge in [0.15, 0.2) is 5.82 Å². The Kier molecular flexibility index (Phi) is 4.24. The Bertz CT molecular complexity index is 888. The Balaban J connectivity index is 1.78. The summed E-state index contributed by atoms with van der Waals surface area (Å²) in [6.45, 7) is 5.80. The molecule has 3 aromatic rings. The van der Waals surface area contributed by atoms with Gasteiger partial charge in [-0.2, -0.15) is 0 Å². The first-order chi connectivity index (χ1) is 11.5. The maximum absolute atomic E-state index is 12.2. The Labute approximate surface area is 139 Å². The zero-order valence-electron chi connectivity index (χ0n) is 13.6. The van der Waals surface area contributed by atoms with Crippen molar-refractivity contribution in [3.63, 3.8) is 0 Å². The zero-order valence-corrected chi connectivity index (χ0v) is 13.6. The molecular formula is C17H17N5O2. The van der Waals surface area contributed by atoms with Gasteiger partial charge in [-0.25, -0.2) is 9.97 Å². The number of aromatic nitrogens is 3. The largest absolute Gasteiger partial charge is 0.360 e. The Hall–Kier alpha value is -3.22. The molecule has 2 heterocycles. The molecule has 1 aromatic carbocycles. The summed E-state index contributed by atoms with van der Waals surface area (Å²) in [5.74, 6) is 0.938. The first kappa shape index (κ1) is 15.7. The predicted octanol–water partition coefficient (Wildman–Crippen LogP) is 3.39. The Morgan fingerprint density at radius 1 is 1.17 bits per heavy atom. The highest BCUT2D eigenvalue weighted by Gasteiger charge is 2.12. The van der Waals surface area contributed by atoms with E-state index < -0.39 is 0 Å². The average Bonchev–Trinajstić information content (AvgIpc) is 2.97. The topological polar surface area (TPSA) is 92.9 Å². The third kappa shape index (κ3) is 3.40. The van der Waals surface area contributed by atoms with Crippen molar-refractivity contribution >= 4 is 23.4 Å². The van der Waals surface area contributed by atoms with E-state index in [1.165, 1.54) is 12.3 Å². The number of aryl methyl sites for hydroxylation is 2. The van der Waals surface area contributed by atoms with Gasteiger partial charge in [-0.15, -0.1) is 0 Å². The van der Waals surface area contributed by atoms with Crippen molar-refractivity contribution in [3.05, 3.63) is 59.1 Å². The van der Waals surface area contributed by atoms with Crippen LogP contribution in [0.2, 0.25) is 0 Å². The Morgan fingerprint density at radius 2 is 2.00 bits per heavy atom.